The monoisotopic (exact) mass is 246 g/mol. The molecule has 0 heterocycles. The van der Waals surface area contributed by atoms with E-state index in [1.807, 2.05) is 0 Å². The summed E-state index contributed by atoms with van der Waals surface area (Å²) in [6.07, 6.45) is -4.88. The Hall–Kier alpha value is -0.810. The highest BCUT2D eigenvalue weighted by Gasteiger charge is 2.32. The zero-order valence-electron chi connectivity index (χ0n) is 6.40. The van der Waals surface area contributed by atoms with Crippen LogP contribution in [-0.4, -0.2) is 11.5 Å². The lowest BCUT2D eigenvalue weighted by Crippen LogP contribution is -2.17. The van der Waals surface area contributed by atoms with Crippen molar-refractivity contribution in [3.8, 4) is 11.5 Å². The van der Waals surface area contributed by atoms with E-state index >= 15 is 0 Å². The molecule has 1 aromatic rings. The molecule has 0 aliphatic carbocycles. The van der Waals surface area contributed by atoms with Gasteiger partial charge in [0.2, 0.25) is 0 Å². The molecule has 0 aromatic heterocycles. The van der Waals surface area contributed by atoms with Crippen molar-refractivity contribution in [3.63, 3.8) is 0 Å². The van der Waals surface area contributed by atoms with Crippen LogP contribution in [0, 0.1) is 0 Å². The van der Waals surface area contributed by atoms with Crippen LogP contribution in [0.25, 0.3) is 0 Å². The normalized spacial score (nSPS) is 11.5. The van der Waals surface area contributed by atoms with E-state index in [1.165, 1.54) is 0 Å². The Morgan fingerprint density at radius 1 is 1.14 bits per heavy atom. The Kier molecular flexibility index (Phi) is 3.01. The van der Waals surface area contributed by atoms with Gasteiger partial charge in [-0.05, 0) is 0 Å². The second-order valence-electron chi connectivity index (χ2n) is 2.28. The smallest absolute Gasteiger partial charge is 0.504 e. The molecule has 0 fully saturated rings. The minimum atomic E-state index is -4.88. The number of phenols is 1. The van der Waals surface area contributed by atoms with Gasteiger partial charge >= 0.3 is 6.36 Å². The largest absolute Gasteiger partial charge is 0.573 e. The van der Waals surface area contributed by atoms with Crippen LogP contribution in [0.3, 0.4) is 0 Å². The quantitative estimate of drug-likeness (QED) is 0.821. The van der Waals surface area contributed by atoms with E-state index in [9.17, 15) is 13.2 Å². The zero-order valence-corrected chi connectivity index (χ0v) is 7.91. The molecule has 2 nitrogen and oxygen atoms in total. The summed E-state index contributed by atoms with van der Waals surface area (Å²) in [5.74, 6) is -1.51. The van der Waals surface area contributed by atoms with E-state index in [1.54, 1.807) is 0 Å². The first kappa shape index (κ1) is 11.3. The van der Waals surface area contributed by atoms with Gasteiger partial charge in [0.15, 0.2) is 11.5 Å². The lowest BCUT2D eigenvalue weighted by Gasteiger charge is -2.10. The van der Waals surface area contributed by atoms with Gasteiger partial charge in [0, 0.05) is 12.1 Å². The maximum Gasteiger partial charge on any atom is 0.573 e. The Bertz CT molecular complexity index is 352. The number of aromatic hydroxyl groups is 1. The Labute approximate surface area is 86.8 Å². The van der Waals surface area contributed by atoms with E-state index in [-0.39, 0.29) is 10.0 Å². The highest BCUT2D eigenvalue weighted by molar-refractivity contribution is 6.42. The van der Waals surface area contributed by atoms with Crippen molar-refractivity contribution in [1.29, 1.82) is 0 Å². The molecule has 0 aliphatic rings. The second-order valence-corrected chi connectivity index (χ2v) is 3.10. The van der Waals surface area contributed by atoms with Crippen molar-refractivity contribution in [2.24, 2.45) is 0 Å². The van der Waals surface area contributed by atoms with Crippen LogP contribution in [0.4, 0.5) is 13.2 Å². The van der Waals surface area contributed by atoms with E-state index in [0.717, 1.165) is 12.1 Å². The Morgan fingerprint density at radius 3 is 2.14 bits per heavy atom. The number of benzene rings is 1. The molecule has 78 valence electrons. The molecule has 0 aliphatic heterocycles. The third kappa shape index (κ3) is 2.85. The Morgan fingerprint density at radius 2 is 1.64 bits per heavy atom. The average Bonchev–Trinajstić information content (AvgIpc) is 1.97. The minimum Gasteiger partial charge on any atom is -0.504 e. The summed E-state index contributed by atoms with van der Waals surface area (Å²) in [5.41, 5.74) is 0. The van der Waals surface area contributed by atoms with Gasteiger partial charge in [-0.3, -0.25) is 0 Å². The predicted molar refractivity (Wildman–Crippen MR) is 44.8 cm³/mol. The third-order valence-corrected chi connectivity index (χ3v) is 1.95. The summed E-state index contributed by atoms with van der Waals surface area (Å²) >= 11 is 10.9. The SMILES string of the molecule is Oc1cc(Cl)c(Cl)cc1OC(F)(F)F. The van der Waals surface area contributed by atoms with Crippen molar-refractivity contribution in [1.82, 2.24) is 0 Å². The fraction of sp³-hybridized carbons (Fsp3) is 0.143. The van der Waals surface area contributed by atoms with Gasteiger partial charge < -0.3 is 9.84 Å². The molecule has 0 unspecified atom stereocenters. The maximum absolute atomic E-state index is 11.7. The fourth-order valence-corrected chi connectivity index (χ4v) is 1.04. The van der Waals surface area contributed by atoms with Crippen LogP contribution in [0.5, 0.6) is 11.5 Å². The second kappa shape index (κ2) is 3.74. The molecule has 0 radical (unpaired) electrons. The summed E-state index contributed by atoms with van der Waals surface area (Å²) in [6, 6.07) is 1.65. The van der Waals surface area contributed by atoms with E-state index in [0.29, 0.717) is 0 Å². The van der Waals surface area contributed by atoms with E-state index in [2.05, 4.69) is 4.74 Å². The lowest BCUT2D eigenvalue weighted by molar-refractivity contribution is -0.275. The number of halogens is 5. The third-order valence-electron chi connectivity index (χ3n) is 1.23. The molecule has 0 spiro atoms. The van der Waals surface area contributed by atoms with Gasteiger partial charge in [0.25, 0.3) is 0 Å². The summed E-state index contributed by atoms with van der Waals surface area (Å²) in [5, 5.41) is 8.82. The molecule has 0 bridgehead atoms. The first-order chi connectivity index (χ1) is 6.29. The molecule has 1 aromatic carbocycles. The van der Waals surface area contributed by atoms with Crippen LogP contribution in [-0.2, 0) is 0 Å². The van der Waals surface area contributed by atoms with Gasteiger partial charge in [-0.25, -0.2) is 0 Å². The van der Waals surface area contributed by atoms with Crippen molar-refractivity contribution >= 4 is 23.2 Å². The number of hydrogen-bond acceptors (Lipinski definition) is 2. The molecule has 0 saturated heterocycles. The molecule has 1 N–H and O–H groups in total. The predicted octanol–water partition coefficient (Wildman–Crippen LogP) is 3.60. The van der Waals surface area contributed by atoms with Gasteiger partial charge in [-0.2, -0.15) is 0 Å². The molecule has 0 atom stereocenters. The van der Waals surface area contributed by atoms with Gasteiger partial charge in [0.1, 0.15) is 0 Å². The van der Waals surface area contributed by atoms with E-state index < -0.39 is 17.9 Å². The first-order valence-electron chi connectivity index (χ1n) is 3.23. The Balaban J connectivity index is 3.04. The summed E-state index contributed by atoms with van der Waals surface area (Å²) in [4.78, 5) is 0. The molecule has 0 amide bonds. The summed E-state index contributed by atoms with van der Waals surface area (Å²) < 4.78 is 38.7. The van der Waals surface area contributed by atoms with E-state index in [4.69, 9.17) is 28.3 Å². The van der Waals surface area contributed by atoms with Crippen molar-refractivity contribution < 1.29 is 23.0 Å². The molecule has 7 heteroatoms. The molecule has 14 heavy (non-hydrogen) atoms. The summed E-state index contributed by atoms with van der Waals surface area (Å²) in [6.45, 7) is 0. The minimum absolute atomic E-state index is 0.0568. The molecular weight excluding hydrogens is 244 g/mol. The topological polar surface area (TPSA) is 29.5 Å². The number of phenolic OH excluding ortho intramolecular Hbond substituents is 1. The van der Waals surface area contributed by atoms with Gasteiger partial charge in [0.05, 0.1) is 10.0 Å². The fourth-order valence-electron chi connectivity index (χ4n) is 0.725. The highest BCUT2D eigenvalue weighted by Crippen LogP contribution is 2.37. The molecule has 0 saturated carbocycles. The molecule has 1 rings (SSSR count). The van der Waals surface area contributed by atoms with Crippen LogP contribution in [0.2, 0.25) is 10.0 Å². The average molecular weight is 247 g/mol. The zero-order chi connectivity index (χ0) is 10.9. The first-order valence-corrected chi connectivity index (χ1v) is 3.99. The molecular formula is C7H3Cl2F3O2. The van der Waals surface area contributed by atoms with Crippen LogP contribution in [0.15, 0.2) is 12.1 Å². The lowest BCUT2D eigenvalue weighted by atomic mass is 10.3. The van der Waals surface area contributed by atoms with Crippen molar-refractivity contribution in [2.75, 3.05) is 0 Å². The number of ether oxygens (including phenoxy) is 1. The number of hydrogen-bond donors (Lipinski definition) is 1. The maximum atomic E-state index is 11.7. The van der Waals surface area contributed by atoms with Crippen LogP contribution < -0.4 is 4.74 Å². The number of rotatable bonds is 1. The van der Waals surface area contributed by atoms with Gasteiger partial charge in [-0.1, -0.05) is 23.2 Å². The van der Waals surface area contributed by atoms with Crippen LogP contribution >= 0.6 is 23.2 Å². The standard InChI is InChI=1S/C7H3Cl2F3O2/c8-3-1-5(13)6(2-4(3)9)14-7(10,11)12/h1-2,13H. The van der Waals surface area contributed by atoms with Crippen molar-refractivity contribution in [3.05, 3.63) is 22.2 Å². The highest BCUT2D eigenvalue weighted by atomic mass is 35.5. The van der Waals surface area contributed by atoms with Crippen LogP contribution in [0.1, 0.15) is 0 Å². The number of alkyl halides is 3. The summed E-state index contributed by atoms with van der Waals surface area (Å²) in [7, 11) is 0. The van der Waals surface area contributed by atoms with Crippen molar-refractivity contribution in [2.45, 2.75) is 6.36 Å². The van der Waals surface area contributed by atoms with Gasteiger partial charge in [-0.15, -0.1) is 13.2 Å².